The number of hydrogen-bond donors (Lipinski definition) is 0. The topological polar surface area (TPSA) is 93.2 Å². The molecule has 20 heavy (non-hydrogen) atoms. The molecule has 0 saturated carbocycles. The van der Waals surface area contributed by atoms with E-state index in [4.69, 9.17) is 0 Å². The molecule has 0 N–H and O–H groups in total. The molecule has 0 rings (SSSR count). The van der Waals surface area contributed by atoms with Crippen molar-refractivity contribution in [3.8, 4) is 0 Å². The van der Waals surface area contributed by atoms with Crippen LogP contribution >= 0.6 is 0 Å². The van der Waals surface area contributed by atoms with E-state index in [0.29, 0.717) is 0 Å². The number of hydrogen-bond acceptors (Lipinski definition) is 6. The summed E-state index contributed by atoms with van der Waals surface area (Å²) in [4.78, 5) is 22.3. The largest absolute Gasteiger partial charge is 0.469 e. The smallest absolute Gasteiger partial charge is 0.309 e. The molecule has 0 spiro atoms. The highest BCUT2D eigenvalue weighted by molar-refractivity contribution is 7.86. The van der Waals surface area contributed by atoms with Crippen molar-refractivity contribution < 1.29 is 27.5 Å². The summed E-state index contributed by atoms with van der Waals surface area (Å²) in [6.07, 6.45) is -0.0351. The average Bonchev–Trinajstić information content (AvgIpc) is 2.42. The summed E-state index contributed by atoms with van der Waals surface area (Å²) in [5.41, 5.74) is 0. The minimum Gasteiger partial charge on any atom is -0.469 e. The highest BCUT2D eigenvalue weighted by atomic mass is 32.2. The lowest BCUT2D eigenvalue weighted by Gasteiger charge is -2.25. The molecule has 1 unspecified atom stereocenters. The molecule has 0 saturated heterocycles. The molecular formula is C11H22N2O6S. The van der Waals surface area contributed by atoms with Gasteiger partial charge in [-0.05, 0) is 0 Å². The lowest BCUT2D eigenvalue weighted by molar-refractivity contribution is -0.145. The minimum atomic E-state index is -3.73. The van der Waals surface area contributed by atoms with Crippen molar-refractivity contribution >= 4 is 22.1 Å². The van der Waals surface area contributed by atoms with Gasteiger partial charge in [0.05, 0.1) is 26.6 Å². The molecule has 0 aromatic rings. The normalized spacial score (nSPS) is 13.3. The lowest BCUT2D eigenvalue weighted by atomic mass is 10.2. The van der Waals surface area contributed by atoms with Crippen molar-refractivity contribution in [1.29, 1.82) is 0 Å². The van der Waals surface area contributed by atoms with Gasteiger partial charge in [0.1, 0.15) is 0 Å². The van der Waals surface area contributed by atoms with E-state index in [1.165, 1.54) is 28.3 Å². The average molecular weight is 310 g/mol. The lowest BCUT2D eigenvalue weighted by Crippen LogP contribution is -2.43. The first-order valence-corrected chi connectivity index (χ1v) is 7.38. The molecule has 0 aliphatic rings. The van der Waals surface area contributed by atoms with E-state index in [1.807, 2.05) is 0 Å². The second-order valence-corrected chi connectivity index (χ2v) is 6.50. The molecule has 8 nitrogen and oxygen atoms in total. The Labute approximate surface area is 119 Å². The van der Waals surface area contributed by atoms with Gasteiger partial charge in [0.2, 0.25) is 0 Å². The Hall–Kier alpha value is -1.19. The Kier molecular flexibility index (Phi) is 7.69. The zero-order chi connectivity index (χ0) is 15.9. The molecule has 0 heterocycles. The maximum absolute atomic E-state index is 12.1. The second kappa shape index (κ2) is 8.18. The van der Waals surface area contributed by atoms with Crippen LogP contribution in [0.15, 0.2) is 0 Å². The molecular weight excluding hydrogens is 288 g/mol. The number of nitrogens with zero attached hydrogens (tertiary/aromatic N) is 2. The number of carbonyl (C=O) groups excluding carboxylic acids is 2. The van der Waals surface area contributed by atoms with E-state index in [-0.39, 0.29) is 19.5 Å². The molecule has 0 radical (unpaired) electrons. The standard InChI is InChI=1S/C11H22N2O6S/c1-9(11(15)19-5)8-13(3)20(16,17)12(2)7-6-10(14)18-4/h9H,6-8H2,1-5H3. The number of esters is 2. The van der Waals surface area contributed by atoms with Gasteiger partial charge >= 0.3 is 11.9 Å². The Bertz CT molecular complexity index is 436. The van der Waals surface area contributed by atoms with Crippen LogP contribution in [-0.4, -0.2) is 70.4 Å². The van der Waals surface area contributed by atoms with E-state index >= 15 is 0 Å². The summed E-state index contributed by atoms with van der Waals surface area (Å²) < 4.78 is 35.3. The first-order valence-electron chi connectivity index (χ1n) is 5.99. The van der Waals surface area contributed by atoms with Crippen molar-refractivity contribution in [3.05, 3.63) is 0 Å². The molecule has 0 aromatic carbocycles. The first kappa shape index (κ1) is 18.8. The van der Waals surface area contributed by atoms with Gasteiger partial charge in [-0.25, -0.2) is 0 Å². The Balaban J connectivity index is 4.61. The summed E-state index contributed by atoms with van der Waals surface area (Å²) in [5.74, 6) is -1.55. The first-order chi connectivity index (χ1) is 9.16. The minimum absolute atomic E-state index is 0.00241. The zero-order valence-electron chi connectivity index (χ0n) is 12.5. The van der Waals surface area contributed by atoms with Crippen molar-refractivity contribution in [2.24, 2.45) is 5.92 Å². The fraction of sp³-hybridized carbons (Fsp3) is 0.818. The SMILES string of the molecule is COC(=O)CCN(C)S(=O)(=O)N(C)CC(C)C(=O)OC. The monoisotopic (exact) mass is 310 g/mol. The summed E-state index contributed by atoms with van der Waals surface area (Å²) >= 11 is 0. The van der Waals surface area contributed by atoms with Crippen molar-refractivity contribution in [3.63, 3.8) is 0 Å². The summed E-state index contributed by atoms with van der Waals surface area (Å²) in [6.45, 7) is 1.58. The quantitative estimate of drug-likeness (QED) is 0.559. The molecule has 9 heteroatoms. The maximum atomic E-state index is 12.1. The third-order valence-corrected chi connectivity index (χ3v) is 4.69. The van der Waals surface area contributed by atoms with E-state index in [1.54, 1.807) is 6.92 Å². The highest BCUT2D eigenvalue weighted by Crippen LogP contribution is 2.09. The van der Waals surface area contributed by atoms with Crippen molar-refractivity contribution in [2.45, 2.75) is 13.3 Å². The second-order valence-electron chi connectivity index (χ2n) is 4.36. The third-order valence-electron chi connectivity index (χ3n) is 2.78. The third kappa shape index (κ3) is 5.43. The van der Waals surface area contributed by atoms with Crippen molar-refractivity contribution in [2.75, 3.05) is 41.4 Å². The van der Waals surface area contributed by atoms with Gasteiger partial charge in [0.15, 0.2) is 0 Å². The van der Waals surface area contributed by atoms with Crippen LogP contribution in [0.3, 0.4) is 0 Å². The number of carbonyl (C=O) groups is 2. The number of methoxy groups -OCH3 is 2. The Morgan fingerprint density at radius 2 is 1.65 bits per heavy atom. The predicted molar refractivity (Wildman–Crippen MR) is 72.0 cm³/mol. The molecule has 0 aliphatic carbocycles. The van der Waals surface area contributed by atoms with Gasteiger partial charge in [-0.15, -0.1) is 0 Å². The van der Waals surface area contributed by atoms with Gasteiger partial charge in [-0.1, -0.05) is 6.92 Å². The van der Waals surface area contributed by atoms with E-state index in [9.17, 15) is 18.0 Å². The van der Waals surface area contributed by atoms with E-state index in [2.05, 4.69) is 9.47 Å². The van der Waals surface area contributed by atoms with E-state index < -0.39 is 28.1 Å². The predicted octanol–water partition coefficient (Wildman–Crippen LogP) is -0.533. The Morgan fingerprint density at radius 3 is 2.10 bits per heavy atom. The van der Waals surface area contributed by atoms with Gasteiger partial charge < -0.3 is 9.47 Å². The fourth-order valence-corrected chi connectivity index (χ4v) is 2.67. The van der Waals surface area contributed by atoms with Gasteiger partial charge in [0, 0.05) is 27.2 Å². The summed E-state index contributed by atoms with van der Waals surface area (Å²) in [7, 11) is 1.48. The number of ether oxygens (including phenoxy) is 2. The zero-order valence-corrected chi connectivity index (χ0v) is 13.3. The van der Waals surface area contributed by atoms with Crippen LogP contribution in [-0.2, 0) is 29.3 Å². The van der Waals surface area contributed by atoms with Crippen LogP contribution in [0.25, 0.3) is 0 Å². The highest BCUT2D eigenvalue weighted by Gasteiger charge is 2.27. The molecule has 0 aromatic heterocycles. The van der Waals surface area contributed by atoms with Crippen molar-refractivity contribution in [1.82, 2.24) is 8.61 Å². The van der Waals surface area contributed by atoms with Crippen LogP contribution in [0.2, 0.25) is 0 Å². The van der Waals surface area contributed by atoms with Crippen LogP contribution in [0.1, 0.15) is 13.3 Å². The van der Waals surface area contributed by atoms with Gasteiger partial charge in [0.25, 0.3) is 10.2 Å². The summed E-state index contributed by atoms with van der Waals surface area (Å²) in [6, 6.07) is 0. The summed E-state index contributed by atoms with van der Waals surface area (Å²) in [5, 5.41) is 0. The molecule has 0 aliphatic heterocycles. The van der Waals surface area contributed by atoms with Gasteiger partial charge in [-0.2, -0.15) is 17.0 Å². The van der Waals surface area contributed by atoms with Gasteiger partial charge in [-0.3, -0.25) is 9.59 Å². The fourth-order valence-electron chi connectivity index (χ4n) is 1.46. The molecule has 1 atom stereocenters. The van der Waals surface area contributed by atoms with E-state index in [0.717, 1.165) is 8.61 Å². The van der Waals surface area contributed by atoms with Crippen LogP contribution < -0.4 is 0 Å². The van der Waals surface area contributed by atoms with Crippen LogP contribution in [0.5, 0.6) is 0 Å². The molecule has 0 amide bonds. The molecule has 0 fully saturated rings. The molecule has 0 bridgehead atoms. The van der Waals surface area contributed by atoms with Crippen LogP contribution in [0, 0.1) is 5.92 Å². The van der Waals surface area contributed by atoms with Crippen LogP contribution in [0.4, 0.5) is 0 Å². The molecule has 118 valence electrons. The number of rotatable bonds is 8. The maximum Gasteiger partial charge on any atom is 0.309 e. The Morgan fingerprint density at radius 1 is 1.10 bits per heavy atom.